The molecule has 0 aliphatic heterocycles. The molecule has 0 aromatic carbocycles. The van der Waals surface area contributed by atoms with E-state index in [1.54, 1.807) is 11.3 Å². The Morgan fingerprint density at radius 1 is 1.24 bits per heavy atom. The highest BCUT2D eigenvalue weighted by Crippen LogP contribution is 2.18. The Hall–Kier alpha value is -1.10. The van der Waals surface area contributed by atoms with Crippen LogP contribution >= 0.6 is 35.3 Å². The highest BCUT2D eigenvalue weighted by atomic mass is 127. The van der Waals surface area contributed by atoms with Crippen molar-refractivity contribution >= 4 is 52.3 Å². The zero-order valence-corrected chi connectivity index (χ0v) is 19.0. The summed E-state index contributed by atoms with van der Waals surface area (Å²) in [6.45, 7) is 9.38. The third kappa shape index (κ3) is 8.70. The van der Waals surface area contributed by atoms with Gasteiger partial charge in [0, 0.05) is 52.1 Å². The fraction of sp³-hybridized carbons (Fsp3) is 0.688. The molecule has 1 aromatic heterocycles. The van der Waals surface area contributed by atoms with Crippen molar-refractivity contribution in [1.29, 1.82) is 0 Å². The lowest BCUT2D eigenvalue weighted by molar-refractivity contribution is -0.130. The number of aliphatic imine (C=N–C) groups is 1. The molecule has 0 aliphatic carbocycles. The second kappa shape index (κ2) is 13.2. The van der Waals surface area contributed by atoms with Gasteiger partial charge in [0.05, 0.1) is 12.2 Å². The van der Waals surface area contributed by atoms with Gasteiger partial charge in [-0.1, -0.05) is 0 Å². The highest BCUT2D eigenvalue weighted by molar-refractivity contribution is 14.0. The van der Waals surface area contributed by atoms with Gasteiger partial charge < -0.3 is 20.4 Å². The zero-order chi connectivity index (χ0) is 17.9. The van der Waals surface area contributed by atoms with E-state index in [9.17, 15) is 4.79 Å². The van der Waals surface area contributed by atoms with E-state index >= 15 is 0 Å². The van der Waals surface area contributed by atoms with E-state index in [0.717, 1.165) is 30.5 Å². The van der Waals surface area contributed by atoms with E-state index < -0.39 is 0 Å². The zero-order valence-electron chi connectivity index (χ0n) is 15.8. The number of thiazole rings is 1. The molecule has 1 heterocycles. The predicted octanol–water partition coefficient (Wildman–Crippen LogP) is 2.14. The number of nitrogens with one attached hydrogen (secondary N) is 2. The Morgan fingerprint density at radius 2 is 1.92 bits per heavy atom. The molecular weight excluding hydrogens is 451 g/mol. The van der Waals surface area contributed by atoms with E-state index in [1.807, 2.05) is 50.0 Å². The molecule has 0 radical (unpaired) electrons. The number of aromatic nitrogens is 1. The first-order valence-electron chi connectivity index (χ1n) is 8.43. The van der Waals surface area contributed by atoms with E-state index in [4.69, 9.17) is 0 Å². The summed E-state index contributed by atoms with van der Waals surface area (Å²) in [6, 6.07) is 0. The van der Waals surface area contributed by atoms with E-state index in [0.29, 0.717) is 25.5 Å². The smallest absolute Gasteiger partial charge is 0.224 e. The lowest BCUT2D eigenvalue weighted by Gasteiger charge is -2.19. The normalized spacial score (nSPS) is 10.8. The highest BCUT2D eigenvalue weighted by Gasteiger charge is 2.09. The van der Waals surface area contributed by atoms with Crippen LogP contribution in [0.25, 0.3) is 0 Å². The maximum atomic E-state index is 12.0. The summed E-state index contributed by atoms with van der Waals surface area (Å²) in [5, 5.41) is 9.40. The molecule has 1 amide bonds. The van der Waals surface area contributed by atoms with Crippen LogP contribution in [0.1, 0.15) is 32.9 Å². The number of guanidine groups is 1. The molecular formula is C16H31IN6OS. The van der Waals surface area contributed by atoms with Crippen molar-refractivity contribution in [1.82, 2.24) is 20.5 Å². The fourth-order valence-electron chi connectivity index (χ4n) is 2.10. The van der Waals surface area contributed by atoms with E-state index in [2.05, 4.69) is 20.6 Å². The van der Waals surface area contributed by atoms with Gasteiger partial charge in [-0.3, -0.25) is 4.79 Å². The number of carbonyl (C=O) groups excluding carboxylic acids is 1. The van der Waals surface area contributed by atoms with Crippen LogP contribution in [0.5, 0.6) is 0 Å². The second-order valence-electron chi connectivity index (χ2n) is 5.45. The van der Waals surface area contributed by atoms with Crippen LogP contribution in [0, 0.1) is 0 Å². The molecule has 0 atom stereocenters. The topological polar surface area (TPSA) is 72.9 Å². The Balaban J connectivity index is 0.00000576. The molecule has 0 spiro atoms. The summed E-state index contributed by atoms with van der Waals surface area (Å²) in [4.78, 5) is 24.9. The molecule has 0 aliphatic rings. The lowest BCUT2D eigenvalue weighted by Crippen LogP contribution is -2.40. The van der Waals surface area contributed by atoms with Crippen molar-refractivity contribution in [2.45, 2.75) is 33.7 Å². The van der Waals surface area contributed by atoms with Crippen molar-refractivity contribution in [2.24, 2.45) is 4.99 Å². The number of nitrogens with zero attached hydrogens (tertiary/aromatic N) is 4. The number of halogens is 1. The minimum absolute atomic E-state index is 0. The molecule has 9 heteroatoms. The summed E-state index contributed by atoms with van der Waals surface area (Å²) in [6.07, 6.45) is 0.466. The minimum atomic E-state index is 0. The number of anilines is 1. The third-order valence-corrected chi connectivity index (χ3v) is 4.47. The van der Waals surface area contributed by atoms with E-state index in [1.165, 1.54) is 0 Å². The molecule has 2 N–H and O–H groups in total. The Bertz CT molecular complexity index is 530. The average molecular weight is 482 g/mol. The van der Waals surface area contributed by atoms with Crippen molar-refractivity contribution in [3.63, 3.8) is 0 Å². The summed E-state index contributed by atoms with van der Waals surface area (Å²) >= 11 is 1.61. The van der Waals surface area contributed by atoms with Crippen LogP contribution in [-0.4, -0.2) is 62.0 Å². The van der Waals surface area contributed by atoms with Crippen LogP contribution in [0.3, 0.4) is 0 Å². The monoisotopic (exact) mass is 482 g/mol. The number of rotatable bonds is 9. The van der Waals surface area contributed by atoms with Gasteiger partial charge in [0.2, 0.25) is 5.91 Å². The first kappa shape index (κ1) is 23.9. The van der Waals surface area contributed by atoms with Crippen LogP contribution in [-0.2, 0) is 11.3 Å². The van der Waals surface area contributed by atoms with Crippen LogP contribution in [0.15, 0.2) is 10.4 Å². The summed E-state index contributed by atoms with van der Waals surface area (Å²) in [7, 11) is 3.95. The average Bonchev–Trinajstić information content (AvgIpc) is 3.03. The predicted molar refractivity (Wildman–Crippen MR) is 117 cm³/mol. The standard InChI is InChI=1S/C16H30N6OS.HI/c1-6-17-15(18-10-9-14(23)22(7-2)8-3)19-11-13-12-24-16(20-13)21(4)5;/h12H,6-11H2,1-5H3,(H2,17,18,19);1H. The molecule has 7 nitrogen and oxygen atoms in total. The lowest BCUT2D eigenvalue weighted by atomic mass is 10.3. The Kier molecular flexibility index (Phi) is 12.6. The second-order valence-corrected chi connectivity index (χ2v) is 6.29. The van der Waals surface area contributed by atoms with Gasteiger partial charge >= 0.3 is 0 Å². The van der Waals surface area contributed by atoms with Gasteiger partial charge in [-0.15, -0.1) is 35.3 Å². The first-order chi connectivity index (χ1) is 11.5. The van der Waals surface area contributed by atoms with Gasteiger partial charge in [-0.2, -0.15) is 0 Å². The molecule has 1 aromatic rings. The van der Waals surface area contributed by atoms with Gasteiger partial charge in [0.1, 0.15) is 0 Å². The SMILES string of the molecule is CCNC(=NCc1csc(N(C)C)n1)NCCC(=O)N(CC)CC.I. The van der Waals surface area contributed by atoms with Crippen molar-refractivity contribution in [3.8, 4) is 0 Å². The van der Waals surface area contributed by atoms with Gasteiger partial charge in [0.15, 0.2) is 11.1 Å². The fourth-order valence-corrected chi connectivity index (χ4v) is 2.85. The quantitative estimate of drug-likeness (QED) is 0.321. The number of hydrogen-bond donors (Lipinski definition) is 2. The Morgan fingerprint density at radius 3 is 2.44 bits per heavy atom. The first-order valence-corrected chi connectivity index (χ1v) is 9.31. The Labute approximate surface area is 172 Å². The third-order valence-electron chi connectivity index (χ3n) is 3.41. The largest absolute Gasteiger partial charge is 0.357 e. The van der Waals surface area contributed by atoms with Crippen molar-refractivity contribution in [2.75, 3.05) is 45.2 Å². The summed E-state index contributed by atoms with van der Waals surface area (Å²) < 4.78 is 0. The van der Waals surface area contributed by atoms with Gasteiger partial charge in [0.25, 0.3) is 0 Å². The molecule has 144 valence electrons. The van der Waals surface area contributed by atoms with E-state index in [-0.39, 0.29) is 29.9 Å². The van der Waals surface area contributed by atoms with Crippen LogP contribution in [0.4, 0.5) is 5.13 Å². The van der Waals surface area contributed by atoms with Crippen LogP contribution in [0.2, 0.25) is 0 Å². The van der Waals surface area contributed by atoms with Crippen molar-refractivity contribution < 1.29 is 4.79 Å². The molecule has 25 heavy (non-hydrogen) atoms. The molecule has 0 bridgehead atoms. The molecule has 0 saturated carbocycles. The minimum Gasteiger partial charge on any atom is -0.357 e. The number of amides is 1. The van der Waals surface area contributed by atoms with Gasteiger partial charge in [-0.25, -0.2) is 9.98 Å². The summed E-state index contributed by atoms with van der Waals surface area (Å²) in [5.41, 5.74) is 0.945. The number of carbonyl (C=O) groups is 1. The molecule has 0 saturated heterocycles. The van der Waals surface area contributed by atoms with Gasteiger partial charge in [-0.05, 0) is 20.8 Å². The maximum absolute atomic E-state index is 12.0. The molecule has 0 unspecified atom stereocenters. The number of hydrogen-bond acceptors (Lipinski definition) is 5. The maximum Gasteiger partial charge on any atom is 0.224 e. The summed E-state index contributed by atoms with van der Waals surface area (Å²) in [5.74, 6) is 0.878. The van der Waals surface area contributed by atoms with Crippen molar-refractivity contribution in [3.05, 3.63) is 11.1 Å². The molecule has 0 fully saturated rings. The molecule has 1 rings (SSSR count). The van der Waals surface area contributed by atoms with Crippen LogP contribution < -0.4 is 15.5 Å².